The molecule has 0 bridgehead atoms. The average Bonchev–Trinajstić information content (AvgIpc) is 2.52. The van der Waals surface area contributed by atoms with E-state index in [1.54, 1.807) is 0 Å². The Bertz CT molecular complexity index is 558. The van der Waals surface area contributed by atoms with Crippen LogP contribution in [0.25, 0.3) is 0 Å². The number of hydrogen-bond donors (Lipinski definition) is 1. The van der Waals surface area contributed by atoms with Gasteiger partial charge in [0.1, 0.15) is 0 Å². The molecule has 4 nitrogen and oxygen atoms in total. The molecule has 2 rings (SSSR count). The predicted molar refractivity (Wildman–Crippen MR) is 79.6 cm³/mol. The van der Waals surface area contributed by atoms with E-state index >= 15 is 0 Å². The van der Waals surface area contributed by atoms with Crippen molar-refractivity contribution in [1.29, 1.82) is 0 Å². The Morgan fingerprint density at radius 1 is 1.39 bits per heavy atom. The molecule has 1 N–H and O–H groups in total. The molecule has 1 saturated carbocycles. The summed E-state index contributed by atoms with van der Waals surface area (Å²) in [5.74, 6) is -1.19. The number of halogens is 4. The minimum Gasteiger partial charge on any atom is -0.493 e. The van der Waals surface area contributed by atoms with Gasteiger partial charge in [-0.25, -0.2) is 4.98 Å². The molecule has 1 amide bonds. The summed E-state index contributed by atoms with van der Waals surface area (Å²) in [6, 6.07) is 1.48. The van der Waals surface area contributed by atoms with E-state index in [9.17, 15) is 18.0 Å². The van der Waals surface area contributed by atoms with E-state index in [-0.39, 0.29) is 29.8 Å². The molecule has 23 heavy (non-hydrogen) atoms. The number of nitrogens with one attached hydrogen (secondary N) is 1. The molecule has 0 spiro atoms. The first-order chi connectivity index (χ1) is 10.8. The Morgan fingerprint density at radius 3 is 2.61 bits per heavy atom. The summed E-state index contributed by atoms with van der Waals surface area (Å²) < 4.78 is 42.8. The normalized spacial score (nSPS) is 21.8. The SMILES string of the molecule is COc1cc(C(=O)NCC2CCC(C(F)(F)F)CC2)cnc1Cl. The summed E-state index contributed by atoms with van der Waals surface area (Å²) in [4.78, 5) is 15.9. The van der Waals surface area contributed by atoms with Crippen LogP contribution in [0.1, 0.15) is 36.0 Å². The Morgan fingerprint density at radius 2 is 2.04 bits per heavy atom. The van der Waals surface area contributed by atoms with Gasteiger partial charge in [-0.05, 0) is 37.7 Å². The second-order valence-electron chi connectivity index (χ2n) is 5.69. The number of alkyl halides is 3. The molecule has 0 atom stereocenters. The number of carbonyl (C=O) groups excluding carboxylic acids is 1. The maximum atomic E-state index is 12.6. The predicted octanol–water partition coefficient (Wildman–Crippen LogP) is 3.84. The maximum Gasteiger partial charge on any atom is 0.391 e. The van der Waals surface area contributed by atoms with Gasteiger partial charge in [0, 0.05) is 12.7 Å². The fourth-order valence-corrected chi connectivity index (χ4v) is 2.91. The van der Waals surface area contributed by atoms with E-state index in [0.717, 1.165) is 0 Å². The van der Waals surface area contributed by atoms with Gasteiger partial charge in [0.2, 0.25) is 0 Å². The molecule has 0 unspecified atom stereocenters. The Kier molecular flexibility index (Phi) is 5.73. The van der Waals surface area contributed by atoms with Crippen molar-refractivity contribution in [2.45, 2.75) is 31.9 Å². The zero-order valence-corrected chi connectivity index (χ0v) is 13.4. The van der Waals surface area contributed by atoms with Crippen LogP contribution in [-0.4, -0.2) is 30.7 Å². The molecule has 128 valence electrons. The third kappa shape index (κ3) is 4.73. The van der Waals surface area contributed by atoms with Gasteiger partial charge in [-0.3, -0.25) is 4.79 Å². The summed E-state index contributed by atoms with van der Waals surface area (Å²) >= 11 is 5.79. The third-order valence-corrected chi connectivity index (χ3v) is 4.43. The average molecular weight is 351 g/mol. The zero-order valence-electron chi connectivity index (χ0n) is 12.6. The van der Waals surface area contributed by atoms with Gasteiger partial charge in [-0.15, -0.1) is 0 Å². The lowest BCUT2D eigenvalue weighted by molar-refractivity contribution is -0.183. The summed E-state index contributed by atoms with van der Waals surface area (Å²) in [5, 5.41) is 2.90. The molecule has 0 radical (unpaired) electrons. The van der Waals surface area contributed by atoms with Crippen LogP contribution in [0.5, 0.6) is 5.75 Å². The molecule has 1 aliphatic carbocycles. The fraction of sp³-hybridized carbons (Fsp3) is 0.600. The molecule has 1 aromatic heterocycles. The quantitative estimate of drug-likeness (QED) is 0.839. The summed E-state index contributed by atoms with van der Waals surface area (Å²) in [6.07, 6.45) is -1.60. The number of nitrogens with zero attached hydrogens (tertiary/aromatic N) is 1. The molecule has 1 heterocycles. The van der Waals surface area contributed by atoms with E-state index in [1.165, 1.54) is 19.4 Å². The van der Waals surface area contributed by atoms with Crippen LogP contribution >= 0.6 is 11.6 Å². The number of hydrogen-bond acceptors (Lipinski definition) is 3. The number of amides is 1. The first kappa shape index (κ1) is 17.8. The second kappa shape index (κ2) is 7.38. The standard InChI is InChI=1S/C15H18ClF3N2O2/c1-23-12-6-10(8-20-13(12)16)14(22)21-7-9-2-4-11(5-3-9)15(17,18)19/h6,8-9,11H,2-5,7H2,1H3,(H,21,22). The highest BCUT2D eigenvalue weighted by Gasteiger charge is 2.41. The van der Waals surface area contributed by atoms with Crippen molar-refractivity contribution in [3.63, 3.8) is 0 Å². The molecule has 0 aliphatic heterocycles. The topological polar surface area (TPSA) is 51.2 Å². The highest BCUT2D eigenvalue weighted by Crippen LogP contribution is 2.39. The van der Waals surface area contributed by atoms with Gasteiger partial charge in [0.05, 0.1) is 18.6 Å². The van der Waals surface area contributed by atoms with Crippen molar-refractivity contribution in [1.82, 2.24) is 10.3 Å². The first-order valence-corrected chi connectivity index (χ1v) is 7.73. The number of aromatic nitrogens is 1. The maximum absolute atomic E-state index is 12.6. The van der Waals surface area contributed by atoms with Crippen molar-refractivity contribution in [3.8, 4) is 5.75 Å². The van der Waals surface area contributed by atoms with Crippen LogP contribution in [0.15, 0.2) is 12.3 Å². The lowest BCUT2D eigenvalue weighted by atomic mass is 9.81. The molecule has 1 fully saturated rings. The summed E-state index contributed by atoms with van der Waals surface area (Å²) in [6.45, 7) is 0.356. The van der Waals surface area contributed by atoms with Crippen molar-refractivity contribution in [2.24, 2.45) is 11.8 Å². The number of rotatable bonds is 4. The number of ether oxygens (including phenoxy) is 1. The van der Waals surface area contributed by atoms with Crippen LogP contribution < -0.4 is 10.1 Å². The third-order valence-electron chi connectivity index (χ3n) is 4.15. The van der Waals surface area contributed by atoms with Gasteiger partial charge in [0.15, 0.2) is 10.9 Å². The zero-order chi connectivity index (χ0) is 17.0. The summed E-state index contributed by atoms with van der Waals surface area (Å²) in [5.41, 5.74) is 0.301. The largest absolute Gasteiger partial charge is 0.493 e. The number of carbonyl (C=O) groups is 1. The minimum atomic E-state index is -4.11. The van der Waals surface area contributed by atoms with Gasteiger partial charge >= 0.3 is 6.18 Å². The Hall–Kier alpha value is -1.50. The van der Waals surface area contributed by atoms with Crippen LogP contribution in [0.3, 0.4) is 0 Å². The monoisotopic (exact) mass is 350 g/mol. The van der Waals surface area contributed by atoms with Crippen LogP contribution in [0.4, 0.5) is 13.2 Å². The van der Waals surface area contributed by atoms with Gasteiger partial charge < -0.3 is 10.1 Å². The lowest BCUT2D eigenvalue weighted by Gasteiger charge is -2.29. The van der Waals surface area contributed by atoms with Crippen molar-refractivity contribution in [3.05, 3.63) is 23.0 Å². The van der Waals surface area contributed by atoms with Crippen LogP contribution in [-0.2, 0) is 0 Å². The van der Waals surface area contributed by atoms with E-state index < -0.39 is 12.1 Å². The van der Waals surface area contributed by atoms with E-state index in [2.05, 4.69) is 10.3 Å². The molecular formula is C15H18ClF3N2O2. The van der Waals surface area contributed by atoms with E-state index in [0.29, 0.717) is 30.7 Å². The van der Waals surface area contributed by atoms with Gasteiger partial charge in [0.25, 0.3) is 5.91 Å². The number of pyridine rings is 1. The van der Waals surface area contributed by atoms with Crippen LogP contribution in [0, 0.1) is 11.8 Å². The summed E-state index contributed by atoms with van der Waals surface area (Å²) in [7, 11) is 1.42. The lowest BCUT2D eigenvalue weighted by Crippen LogP contribution is -2.34. The Balaban J connectivity index is 1.84. The smallest absolute Gasteiger partial charge is 0.391 e. The number of methoxy groups -OCH3 is 1. The van der Waals surface area contributed by atoms with E-state index in [1.807, 2.05) is 0 Å². The van der Waals surface area contributed by atoms with Crippen molar-refractivity contribution < 1.29 is 22.7 Å². The fourth-order valence-electron chi connectivity index (χ4n) is 2.73. The molecule has 0 aromatic carbocycles. The Labute approximate surface area is 137 Å². The molecule has 8 heteroatoms. The van der Waals surface area contributed by atoms with Gasteiger partial charge in [-0.1, -0.05) is 11.6 Å². The van der Waals surface area contributed by atoms with Crippen LogP contribution in [0.2, 0.25) is 5.15 Å². The molecular weight excluding hydrogens is 333 g/mol. The molecule has 1 aliphatic rings. The first-order valence-electron chi connectivity index (χ1n) is 7.35. The highest BCUT2D eigenvalue weighted by molar-refractivity contribution is 6.30. The van der Waals surface area contributed by atoms with Gasteiger partial charge in [-0.2, -0.15) is 13.2 Å². The molecule has 0 saturated heterocycles. The van der Waals surface area contributed by atoms with Crippen molar-refractivity contribution >= 4 is 17.5 Å². The van der Waals surface area contributed by atoms with Crippen molar-refractivity contribution in [2.75, 3.05) is 13.7 Å². The second-order valence-corrected chi connectivity index (χ2v) is 6.04. The van der Waals surface area contributed by atoms with E-state index in [4.69, 9.17) is 16.3 Å². The minimum absolute atomic E-state index is 0.0692. The molecule has 1 aromatic rings. The highest BCUT2D eigenvalue weighted by atomic mass is 35.5.